The predicted molar refractivity (Wildman–Crippen MR) is 118 cm³/mol. The topological polar surface area (TPSA) is 131 Å². The van der Waals surface area contributed by atoms with E-state index in [4.69, 9.17) is 19.8 Å². The van der Waals surface area contributed by atoms with Gasteiger partial charge in [0, 0.05) is 77.0 Å². The molecule has 0 aromatic carbocycles. The molecule has 2 N–H and O–H groups in total. The normalized spacial score (nSPS) is 20.2. The first kappa shape index (κ1) is 32.6. The van der Waals surface area contributed by atoms with Crippen LogP contribution in [0.4, 0.5) is 26.3 Å². The van der Waals surface area contributed by atoms with Crippen molar-refractivity contribution in [3.05, 3.63) is 30.1 Å². The van der Waals surface area contributed by atoms with Crippen LogP contribution in [0.15, 0.2) is 24.5 Å². The molecule has 2 aliphatic rings. The maximum Gasteiger partial charge on any atom is 0.490 e. The highest BCUT2D eigenvalue weighted by Crippen LogP contribution is 2.35. The summed E-state index contributed by atoms with van der Waals surface area (Å²) in [6.45, 7) is 9.05. The number of aliphatic carboxylic acids is 2. The van der Waals surface area contributed by atoms with Crippen LogP contribution in [0, 0.1) is 5.41 Å². The van der Waals surface area contributed by atoms with Gasteiger partial charge in [-0.2, -0.15) is 26.3 Å². The molecule has 16 heteroatoms. The van der Waals surface area contributed by atoms with Crippen molar-refractivity contribution in [2.24, 2.45) is 5.41 Å². The largest absolute Gasteiger partial charge is 0.490 e. The van der Waals surface area contributed by atoms with Gasteiger partial charge < -0.3 is 20.0 Å². The second kappa shape index (κ2) is 13.4. The van der Waals surface area contributed by atoms with E-state index in [9.17, 15) is 35.9 Å². The molecule has 3 heterocycles. The van der Waals surface area contributed by atoms with Crippen LogP contribution in [-0.2, 0) is 25.7 Å². The molecule has 2 amide bonds. The number of halogens is 6. The number of hydrogen-bond donors (Lipinski definition) is 2. The first-order chi connectivity index (χ1) is 17.4. The van der Waals surface area contributed by atoms with Crippen molar-refractivity contribution in [1.82, 2.24) is 19.7 Å². The summed E-state index contributed by atoms with van der Waals surface area (Å²) in [6, 6.07) is 4.05. The highest BCUT2D eigenvalue weighted by atomic mass is 19.4. The molecular formula is C22H28F6N4O6. The van der Waals surface area contributed by atoms with Crippen LogP contribution in [0.5, 0.6) is 0 Å². The Morgan fingerprint density at radius 3 is 1.84 bits per heavy atom. The molecule has 1 atom stereocenters. The first-order valence-electron chi connectivity index (χ1n) is 11.1. The summed E-state index contributed by atoms with van der Waals surface area (Å²) in [6.07, 6.45) is -6.01. The van der Waals surface area contributed by atoms with Crippen LogP contribution in [0.25, 0.3) is 0 Å². The zero-order chi connectivity index (χ0) is 29.3. The molecule has 0 radical (unpaired) electrons. The average molecular weight is 558 g/mol. The van der Waals surface area contributed by atoms with E-state index in [2.05, 4.69) is 9.88 Å². The quantitative estimate of drug-likeness (QED) is 0.541. The number of amides is 2. The molecule has 0 aliphatic carbocycles. The minimum Gasteiger partial charge on any atom is -0.475 e. The lowest BCUT2D eigenvalue weighted by molar-refractivity contribution is -0.193. The molecule has 1 aromatic rings. The van der Waals surface area contributed by atoms with E-state index in [1.54, 1.807) is 6.92 Å². The van der Waals surface area contributed by atoms with E-state index in [1.807, 2.05) is 41.2 Å². The van der Waals surface area contributed by atoms with E-state index in [1.165, 1.54) is 5.56 Å². The van der Waals surface area contributed by atoms with E-state index >= 15 is 0 Å². The number of rotatable bonds is 3. The van der Waals surface area contributed by atoms with Gasteiger partial charge >= 0.3 is 24.3 Å². The van der Waals surface area contributed by atoms with Crippen molar-refractivity contribution in [2.45, 2.75) is 39.2 Å². The first-order valence-corrected chi connectivity index (χ1v) is 11.1. The summed E-state index contributed by atoms with van der Waals surface area (Å²) in [5.41, 5.74) is 1.07. The lowest BCUT2D eigenvalue weighted by Gasteiger charge is -2.33. The highest BCUT2D eigenvalue weighted by molar-refractivity contribution is 5.80. The maximum atomic E-state index is 12.3. The molecule has 2 aliphatic heterocycles. The summed E-state index contributed by atoms with van der Waals surface area (Å²) >= 11 is 0. The number of alkyl halides is 6. The Morgan fingerprint density at radius 1 is 0.947 bits per heavy atom. The molecule has 2 saturated heterocycles. The Kier molecular flexibility index (Phi) is 11.5. The fourth-order valence-corrected chi connectivity index (χ4v) is 3.98. The molecule has 38 heavy (non-hydrogen) atoms. The number of carboxylic acids is 2. The van der Waals surface area contributed by atoms with E-state index in [-0.39, 0.29) is 17.2 Å². The molecule has 0 saturated carbocycles. The van der Waals surface area contributed by atoms with E-state index in [0.29, 0.717) is 13.0 Å². The monoisotopic (exact) mass is 558 g/mol. The second-order valence-electron chi connectivity index (χ2n) is 8.70. The fraction of sp³-hybridized carbons (Fsp3) is 0.591. The van der Waals surface area contributed by atoms with Gasteiger partial charge in [0.05, 0.1) is 0 Å². The van der Waals surface area contributed by atoms with Gasteiger partial charge in [-0.3, -0.25) is 19.5 Å². The highest BCUT2D eigenvalue weighted by Gasteiger charge is 2.46. The van der Waals surface area contributed by atoms with Crippen molar-refractivity contribution < 1.29 is 55.7 Å². The minimum absolute atomic E-state index is 0.0996. The van der Waals surface area contributed by atoms with Crippen LogP contribution < -0.4 is 0 Å². The van der Waals surface area contributed by atoms with Crippen LogP contribution in [0.1, 0.15) is 25.8 Å². The van der Waals surface area contributed by atoms with E-state index in [0.717, 1.165) is 39.3 Å². The Bertz CT molecular complexity index is 951. The number of carbonyl (C=O) groups excluding carboxylic acids is 2. The second-order valence-corrected chi connectivity index (χ2v) is 8.70. The van der Waals surface area contributed by atoms with Crippen molar-refractivity contribution in [3.63, 3.8) is 0 Å². The zero-order valence-corrected chi connectivity index (χ0v) is 20.6. The molecule has 1 spiro atoms. The van der Waals surface area contributed by atoms with Crippen LogP contribution in [-0.4, -0.2) is 105 Å². The number of aromatic nitrogens is 1. The number of likely N-dealkylation sites (tertiary alicyclic amines) is 1. The number of carboxylic acid groups (broad SMARTS) is 2. The zero-order valence-electron chi connectivity index (χ0n) is 20.6. The summed E-state index contributed by atoms with van der Waals surface area (Å²) in [5, 5.41) is 14.2. The summed E-state index contributed by atoms with van der Waals surface area (Å²) in [7, 11) is 0. The molecular weight excluding hydrogens is 530 g/mol. The number of carbonyl (C=O) groups is 4. The van der Waals surface area contributed by atoms with Crippen molar-refractivity contribution in [3.8, 4) is 0 Å². The molecule has 1 aromatic heterocycles. The number of nitrogens with zero attached hydrogens (tertiary/aromatic N) is 4. The Morgan fingerprint density at radius 2 is 1.45 bits per heavy atom. The third kappa shape index (κ3) is 10.5. The average Bonchev–Trinajstić information content (AvgIpc) is 2.99. The lowest BCUT2D eigenvalue weighted by atomic mass is 9.85. The standard InChI is InChI=1S/C18H26N4O2.2C2HF3O2/c1-3-21-13-18(10-17(21)24)12-20(8-9-22(14-18)15(2)23)11-16-4-6-19-7-5-16;2*3-2(4,5)1(6)7/h4-7H,3,8-14H2,1-2H3;2*(H,6,7). The summed E-state index contributed by atoms with van der Waals surface area (Å²) < 4.78 is 63.5. The molecule has 0 bridgehead atoms. The van der Waals surface area contributed by atoms with Crippen LogP contribution in [0.2, 0.25) is 0 Å². The smallest absolute Gasteiger partial charge is 0.475 e. The predicted octanol–water partition coefficient (Wildman–Crippen LogP) is 2.25. The lowest BCUT2D eigenvalue weighted by Crippen LogP contribution is -2.43. The van der Waals surface area contributed by atoms with Gasteiger partial charge in [0.2, 0.25) is 11.8 Å². The van der Waals surface area contributed by atoms with Gasteiger partial charge in [-0.1, -0.05) is 0 Å². The van der Waals surface area contributed by atoms with Gasteiger partial charge in [-0.05, 0) is 24.6 Å². The van der Waals surface area contributed by atoms with Crippen LogP contribution in [0.3, 0.4) is 0 Å². The molecule has 1 unspecified atom stereocenters. The summed E-state index contributed by atoms with van der Waals surface area (Å²) in [5.74, 6) is -5.20. The third-order valence-electron chi connectivity index (χ3n) is 5.64. The van der Waals surface area contributed by atoms with E-state index < -0.39 is 24.3 Å². The Balaban J connectivity index is 0.000000426. The minimum atomic E-state index is -5.08. The summed E-state index contributed by atoms with van der Waals surface area (Å²) in [4.78, 5) is 52.4. The van der Waals surface area contributed by atoms with Crippen molar-refractivity contribution >= 4 is 23.8 Å². The van der Waals surface area contributed by atoms with Gasteiger partial charge in [0.1, 0.15) is 0 Å². The maximum absolute atomic E-state index is 12.3. The van der Waals surface area contributed by atoms with Gasteiger partial charge in [-0.25, -0.2) is 9.59 Å². The number of pyridine rings is 1. The van der Waals surface area contributed by atoms with Crippen molar-refractivity contribution in [2.75, 3.05) is 39.3 Å². The molecule has 2 fully saturated rings. The Hall–Kier alpha value is -3.43. The van der Waals surface area contributed by atoms with Crippen molar-refractivity contribution in [1.29, 1.82) is 0 Å². The van der Waals surface area contributed by atoms with Gasteiger partial charge in [-0.15, -0.1) is 0 Å². The molecule has 214 valence electrons. The van der Waals surface area contributed by atoms with Gasteiger partial charge in [0.15, 0.2) is 0 Å². The number of hydrogen-bond acceptors (Lipinski definition) is 6. The SMILES string of the molecule is CCN1CC2(CC1=O)CN(Cc1ccncc1)CCN(C(C)=O)C2.O=C(O)C(F)(F)F.O=C(O)C(F)(F)F. The third-order valence-corrected chi connectivity index (χ3v) is 5.64. The fourth-order valence-electron chi connectivity index (χ4n) is 3.98. The Labute approximate surface area is 213 Å². The van der Waals surface area contributed by atoms with Crippen LogP contribution >= 0.6 is 0 Å². The van der Waals surface area contributed by atoms with Gasteiger partial charge in [0.25, 0.3) is 0 Å². The molecule has 3 rings (SSSR count). The molecule has 10 nitrogen and oxygen atoms in total.